The first-order valence-corrected chi connectivity index (χ1v) is 11.0. The molecule has 164 valence electrons. The zero-order valence-electron chi connectivity index (χ0n) is 16.4. The number of ketones is 1. The van der Waals surface area contributed by atoms with Crippen LogP contribution in [0, 0.1) is 11.6 Å². The lowest BCUT2D eigenvalue weighted by molar-refractivity contribution is 0.103. The van der Waals surface area contributed by atoms with Gasteiger partial charge in [0, 0.05) is 30.4 Å². The summed E-state index contributed by atoms with van der Waals surface area (Å²) in [6.45, 7) is 0. The molecule has 32 heavy (non-hydrogen) atoms. The maximum atomic E-state index is 15.2. The highest BCUT2D eigenvalue weighted by atomic mass is 35.5. The first-order chi connectivity index (χ1) is 15.2. The smallest absolute Gasteiger partial charge is 0.323 e. The van der Waals surface area contributed by atoms with Gasteiger partial charge in [0.15, 0.2) is 11.6 Å². The number of hydrogen-bond donors (Lipinski definition) is 2. The summed E-state index contributed by atoms with van der Waals surface area (Å²) in [5, 5.41) is 0.709. The van der Waals surface area contributed by atoms with Crippen LogP contribution < -0.4 is 9.03 Å². The summed E-state index contributed by atoms with van der Waals surface area (Å²) in [6, 6.07) is 10.0. The summed E-state index contributed by atoms with van der Waals surface area (Å²) >= 11 is 5.95. The van der Waals surface area contributed by atoms with E-state index in [2.05, 4.69) is 14.7 Å². The van der Waals surface area contributed by atoms with Crippen LogP contribution in [0.1, 0.15) is 15.9 Å². The number of aromatic nitrogens is 2. The van der Waals surface area contributed by atoms with Crippen molar-refractivity contribution in [3.63, 3.8) is 0 Å². The Morgan fingerprint density at radius 1 is 1.12 bits per heavy atom. The molecule has 7 nitrogen and oxygen atoms in total. The fourth-order valence-corrected chi connectivity index (χ4v) is 4.22. The summed E-state index contributed by atoms with van der Waals surface area (Å²) in [4.78, 5) is 19.9. The predicted octanol–water partition coefficient (Wildman–Crippen LogP) is 4.52. The van der Waals surface area contributed by atoms with Crippen molar-refractivity contribution < 1.29 is 22.0 Å². The van der Waals surface area contributed by atoms with E-state index in [4.69, 9.17) is 11.6 Å². The highest BCUT2D eigenvalue weighted by Crippen LogP contribution is 2.27. The number of halogens is 3. The van der Waals surface area contributed by atoms with Gasteiger partial charge in [-0.3, -0.25) is 13.8 Å². The van der Waals surface area contributed by atoms with Gasteiger partial charge in [0.25, 0.3) is 0 Å². The number of anilines is 2. The molecule has 11 heteroatoms. The molecular formula is C21H15ClF2N4O3S. The van der Waals surface area contributed by atoms with Gasteiger partial charge in [0.1, 0.15) is 11.5 Å². The molecule has 0 aliphatic carbocycles. The van der Waals surface area contributed by atoms with Gasteiger partial charge >= 0.3 is 10.2 Å². The number of fused-ring (bicyclic) bond motifs is 1. The second-order valence-electron chi connectivity index (χ2n) is 6.80. The highest BCUT2D eigenvalue weighted by molar-refractivity contribution is 7.94. The Morgan fingerprint density at radius 2 is 1.84 bits per heavy atom. The van der Waals surface area contributed by atoms with Crippen LogP contribution in [0.4, 0.5) is 20.2 Å². The van der Waals surface area contributed by atoms with Crippen LogP contribution in [-0.2, 0) is 10.2 Å². The predicted molar refractivity (Wildman–Crippen MR) is 118 cm³/mol. The Kier molecular flexibility index (Phi) is 5.57. The zero-order valence-corrected chi connectivity index (χ0v) is 18.0. The molecule has 0 aliphatic rings. The fraction of sp³-hybridized carbons (Fsp3) is 0.0476. The Morgan fingerprint density at radius 3 is 2.56 bits per heavy atom. The van der Waals surface area contributed by atoms with Crippen LogP contribution in [0.5, 0.6) is 0 Å². The summed E-state index contributed by atoms with van der Waals surface area (Å²) < 4.78 is 56.7. The van der Waals surface area contributed by atoms with Gasteiger partial charge < -0.3 is 4.98 Å². The second-order valence-corrected chi connectivity index (χ2v) is 8.94. The van der Waals surface area contributed by atoms with Crippen molar-refractivity contribution in [3.8, 4) is 0 Å². The molecule has 2 heterocycles. The number of aromatic amines is 1. The third-order valence-electron chi connectivity index (χ3n) is 4.78. The molecule has 2 N–H and O–H groups in total. The van der Waals surface area contributed by atoms with Crippen LogP contribution in [0.2, 0.25) is 5.02 Å². The minimum atomic E-state index is -4.26. The number of pyridine rings is 1. The average Bonchev–Trinajstić information content (AvgIpc) is 3.17. The number of nitrogens with one attached hydrogen (secondary N) is 2. The molecule has 0 fully saturated rings. The summed E-state index contributed by atoms with van der Waals surface area (Å²) in [5.74, 6) is -2.25. The number of benzene rings is 2. The normalized spacial score (nSPS) is 11.5. The van der Waals surface area contributed by atoms with Crippen molar-refractivity contribution in [1.82, 2.24) is 9.97 Å². The van der Waals surface area contributed by atoms with Gasteiger partial charge in [-0.15, -0.1) is 0 Å². The van der Waals surface area contributed by atoms with Gasteiger partial charge in [0.05, 0.1) is 22.0 Å². The molecule has 0 saturated carbocycles. The van der Waals surface area contributed by atoms with Crippen LogP contribution in [0.25, 0.3) is 11.0 Å². The standard InChI is InChI=1S/C21H15ClF2N4O3S/c1-28(14-7-5-13(23)6-8-14)32(30,31)27-18-4-2-3-15(19(18)24)20(29)17-11-26-21-16(17)9-12(22)10-25-21/h2-11,27H,1H3,(H,25,26). The molecule has 2 aromatic carbocycles. The zero-order chi connectivity index (χ0) is 23.0. The van der Waals surface area contributed by atoms with Crippen LogP contribution in [0.15, 0.2) is 60.9 Å². The molecule has 0 radical (unpaired) electrons. The molecule has 0 atom stereocenters. The quantitative estimate of drug-likeness (QED) is 0.400. The van der Waals surface area contributed by atoms with Gasteiger partial charge in [-0.05, 0) is 42.5 Å². The van der Waals surface area contributed by atoms with E-state index < -0.39 is 33.3 Å². The van der Waals surface area contributed by atoms with E-state index in [0.29, 0.717) is 16.1 Å². The molecule has 0 saturated heterocycles. The molecule has 0 unspecified atom stereocenters. The topological polar surface area (TPSA) is 95.2 Å². The number of hydrogen-bond acceptors (Lipinski definition) is 4. The largest absolute Gasteiger partial charge is 0.345 e. The van der Waals surface area contributed by atoms with Gasteiger partial charge in [-0.1, -0.05) is 17.7 Å². The van der Waals surface area contributed by atoms with Gasteiger partial charge in [-0.25, -0.2) is 13.8 Å². The summed E-state index contributed by atoms with van der Waals surface area (Å²) in [7, 11) is -3.03. The SMILES string of the molecule is CN(c1ccc(F)cc1)S(=O)(=O)Nc1cccc(C(=O)c2c[nH]c3ncc(Cl)cc23)c1F. The van der Waals surface area contributed by atoms with E-state index >= 15 is 4.39 Å². The lowest BCUT2D eigenvalue weighted by Crippen LogP contribution is -2.32. The van der Waals surface area contributed by atoms with E-state index in [1.54, 1.807) is 0 Å². The average molecular weight is 477 g/mol. The first-order valence-electron chi connectivity index (χ1n) is 9.15. The third kappa shape index (κ3) is 4.02. The molecule has 0 aliphatic heterocycles. The molecule has 4 rings (SSSR count). The lowest BCUT2D eigenvalue weighted by atomic mass is 10.0. The van der Waals surface area contributed by atoms with E-state index in [9.17, 15) is 17.6 Å². The highest BCUT2D eigenvalue weighted by Gasteiger charge is 2.24. The van der Waals surface area contributed by atoms with E-state index in [1.165, 1.54) is 55.8 Å². The lowest BCUT2D eigenvalue weighted by Gasteiger charge is -2.21. The Labute approximate surface area is 186 Å². The van der Waals surface area contributed by atoms with E-state index in [1.807, 2.05) is 0 Å². The summed E-state index contributed by atoms with van der Waals surface area (Å²) in [6.07, 6.45) is 2.79. The van der Waals surface area contributed by atoms with E-state index in [-0.39, 0.29) is 16.8 Å². The second kappa shape index (κ2) is 8.21. The minimum Gasteiger partial charge on any atom is -0.345 e. The van der Waals surface area contributed by atoms with Crippen molar-refractivity contribution in [2.75, 3.05) is 16.1 Å². The molecule has 0 bridgehead atoms. The number of carbonyl (C=O) groups is 1. The van der Waals surface area contributed by atoms with Crippen molar-refractivity contribution >= 4 is 50.0 Å². The number of rotatable bonds is 6. The number of carbonyl (C=O) groups excluding carboxylic acids is 1. The van der Waals surface area contributed by atoms with Crippen molar-refractivity contribution in [3.05, 3.63) is 88.7 Å². The molecule has 4 aromatic rings. The third-order valence-corrected chi connectivity index (χ3v) is 6.39. The Bertz CT molecular complexity index is 1440. The summed E-state index contributed by atoms with van der Waals surface area (Å²) in [5.41, 5.74) is -0.0562. The number of H-pyrrole nitrogens is 1. The maximum absolute atomic E-state index is 15.2. The van der Waals surface area contributed by atoms with Gasteiger partial charge in [-0.2, -0.15) is 8.42 Å². The molecule has 0 spiro atoms. The monoisotopic (exact) mass is 476 g/mol. The van der Waals surface area contributed by atoms with Crippen molar-refractivity contribution in [1.29, 1.82) is 0 Å². The number of nitrogens with zero attached hydrogens (tertiary/aromatic N) is 2. The van der Waals surface area contributed by atoms with E-state index in [0.717, 1.165) is 16.4 Å². The Hall–Kier alpha value is -3.50. The minimum absolute atomic E-state index is 0.136. The first kappa shape index (κ1) is 21.7. The van der Waals surface area contributed by atoms with Crippen molar-refractivity contribution in [2.24, 2.45) is 0 Å². The molecular weight excluding hydrogens is 462 g/mol. The van der Waals surface area contributed by atoms with Crippen LogP contribution in [0.3, 0.4) is 0 Å². The molecule has 2 aromatic heterocycles. The Balaban J connectivity index is 1.67. The van der Waals surface area contributed by atoms with Crippen LogP contribution >= 0.6 is 11.6 Å². The molecule has 0 amide bonds. The van der Waals surface area contributed by atoms with Crippen LogP contribution in [-0.4, -0.2) is 31.2 Å². The van der Waals surface area contributed by atoms with Crippen molar-refractivity contribution in [2.45, 2.75) is 0 Å². The van der Waals surface area contributed by atoms with Gasteiger partial charge in [0.2, 0.25) is 0 Å². The fourth-order valence-electron chi connectivity index (χ4n) is 3.09. The maximum Gasteiger partial charge on any atom is 0.323 e.